The standard InChI is InChI=1S/C20H19N3O2/c1-14-5-4-8-18-21-13-17(20(25)23(14)18)19(24)22-11-9-15-6-2-3-7-16(15)10-12-22/h2-8,13H,9-12H2,1H3. The molecule has 0 saturated heterocycles. The molecule has 0 atom stereocenters. The maximum Gasteiger partial charge on any atom is 0.270 e. The van der Waals surface area contributed by atoms with Crippen LogP contribution in [0.15, 0.2) is 53.5 Å². The summed E-state index contributed by atoms with van der Waals surface area (Å²) in [4.78, 5) is 31.8. The molecule has 3 aromatic rings. The van der Waals surface area contributed by atoms with E-state index in [1.54, 1.807) is 11.0 Å². The first-order valence-electron chi connectivity index (χ1n) is 8.48. The summed E-state index contributed by atoms with van der Waals surface area (Å²) in [6.45, 7) is 3.07. The van der Waals surface area contributed by atoms with Crippen LogP contribution in [0.2, 0.25) is 0 Å². The van der Waals surface area contributed by atoms with E-state index in [1.165, 1.54) is 21.7 Å². The maximum atomic E-state index is 13.0. The highest BCUT2D eigenvalue weighted by Gasteiger charge is 2.23. The Labute approximate surface area is 145 Å². The molecule has 4 rings (SSSR count). The maximum absolute atomic E-state index is 13.0. The lowest BCUT2D eigenvalue weighted by Crippen LogP contribution is -2.37. The number of carbonyl (C=O) groups excluding carboxylic acids is 1. The molecule has 25 heavy (non-hydrogen) atoms. The van der Waals surface area contributed by atoms with Crippen LogP contribution < -0.4 is 5.56 Å². The molecule has 1 amide bonds. The third kappa shape index (κ3) is 2.71. The van der Waals surface area contributed by atoms with E-state index in [1.807, 2.05) is 31.2 Å². The number of amides is 1. The van der Waals surface area contributed by atoms with Gasteiger partial charge < -0.3 is 4.90 Å². The van der Waals surface area contributed by atoms with Crippen molar-refractivity contribution in [2.45, 2.75) is 19.8 Å². The smallest absolute Gasteiger partial charge is 0.270 e. The van der Waals surface area contributed by atoms with Gasteiger partial charge in [0.1, 0.15) is 11.2 Å². The predicted molar refractivity (Wildman–Crippen MR) is 96.0 cm³/mol. The lowest BCUT2D eigenvalue weighted by Gasteiger charge is -2.20. The minimum Gasteiger partial charge on any atom is -0.338 e. The molecule has 0 N–H and O–H groups in total. The number of fused-ring (bicyclic) bond motifs is 2. The van der Waals surface area contributed by atoms with Gasteiger partial charge in [-0.25, -0.2) is 4.98 Å². The van der Waals surface area contributed by atoms with Crippen LogP contribution in [0, 0.1) is 6.92 Å². The Hall–Kier alpha value is -2.95. The topological polar surface area (TPSA) is 54.7 Å². The van der Waals surface area contributed by atoms with Gasteiger partial charge in [-0.3, -0.25) is 14.0 Å². The van der Waals surface area contributed by atoms with Gasteiger partial charge in [0.2, 0.25) is 0 Å². The minimum atomic E-state index is -0.296. The Kier molecular flexibility index (Phi) is 3.84. The molecule has 3 heterocycles. The molecule has 126 valence electrons. The summed E-state index contributed by atoms with van der Waals surface area (Å²) in [7, 11) is 0. The molecule has 0 fully saturated rings. The fourth-order valence-corrected chi connectivity index (χ4v) is 3.46. The number of pyridine rings is 1. The Morgan fingerprint density at radius 3 is 2.36 bits per heavy atom. The number of aryl methyl sites for hydroxylation is 1. The average Bonchev–Trinajstić information content (AvgIpc) is 2.84. The highest BCUT2D eigenvalue weighted by Crippen LogP contribution is 2.16. The first kappa shape index (κ1) is 15.6. The van der Waals surface area contributed by atoms with E-state index in [2.05, 4.69) is 17.1 Å². The number of nitrogens with zero attached hydrogens (tertiary/aromatic N) is 3. The van der Waals surface area contributed by atoms with Gasteiger partial charge in [0.25, 0.3) is 11.5 Å². The lowest BCUT2D eigenvalue weighted by molar-refractivity contribution is 0.0760. The third-order valence-corrected chi connectivity index (χ3v) is 4.86. The predicted octanol–water partition coefficient (Wildman–Crippen LogP) is 2.24. The van der Waals surface area contributed by atoms with Crippen molar-refractivity contribution in [2.24, 2.45) is 0 Å². The van der Waals surface area contributed by atoms with Crippen molar-refractivity contribution in [1.82, 2.24) is 14.3 Å². The van der Waals surface area contributed by atoms with Crippen LogP contribution >= 0.6 is 0 Å². The van der Waals surface area contributed by atoms with Crippen molar-refractivity contribution in [1.29, 1.82) is 0 Å². The molecular formula is C20H19N3O2. The van der Waals surface area contributed by atoms with E-state index in [4.69, 9.17) is 0 Å². The van der Waals surface area contributed by atoms with E-state index in [9.17, 15) is 9.59 Å². The highest BCUT2D eigenvalue weighted by atomic mass is 16.2. The zero-order valence-corrected chi connectivity index (χ0v) is 14.1. The fourth-order valence-electron chi connectivity index (χ4n) is 3.46. The van der Waals surface area contributed by atoms with Gasteiger partial charge in [-0.05, 0) is 43.0 Å². The van der Waals surface area contributed by atoms with E-state index >= 15 is 0 Å². The SMILES string of the molecule is Cc1cccc2ncc(C(=O)N3CCc4ccccc4CC3)c(=O)n12. The summed E-state index contributed by atoms with van der Waals surface area (Å²) in [5, 5.41) is 0. The van der Waals surface area contributed by atoms with Gasteiger partial charge in [0.05, 0.1) is 0 Å². The number of carbonyl (C=O) groups is 1. The van der Waals surface area contributed by atoms with Gasteiger partial charge in [0, 0.05) is 25.0 Å². The molecule has 0 unspecified atom stereocenters. The summed E-state index contributed by atoms with van der Waals surface area (Å²) in [5.74, 6) is -0.233. The molecule has 2 aromatic heterocycles. The van der Waals surface area contributed by atoms with Crippen LogP contribution in [-0.4, -0.2) is 33.3 Å². The van der Waals surface area contributed by atoms with Crippen molar-refractivity contribution < 1.29 is 4.79 Å². The quantitative estimate of drug-likeness (QED) is 0.686. The molecule has 1 aliphatic rings. The van der Waals surface area contributed by atoms with Gasteiger partial charge in [-0.15, -0.1) is 0 Å². The van der Waals surface area contributed by atoms with Crippen LogP contribution in [-0.2, 0) is 12.8 Å². The second-order valence-corrected chi connectivity index (χ2v) is 6.40. The monoisotopic (exact) mass is 333 g/mol. The van der Waals surface area contributed by atoms with Crippen LogP contribution in [0.4, 0.5) is 0 Å². The fraction of sp³-hybridized carbons (Fsp3) is 0.250. The number of hydrogen-bond acceptors (Lipinski definition) is 3. The van der Waals surface area contributed by atoms with E-state index in [-0.39, 0.29) is 17.0 Å². The Morgan fingerprint density at radius 1 is 1.00 bits per heavy atom. The van der Waals surface area contributed by atoms with Crippen LogP contribution in [0.25, 0.3) is 5.65 Å². The summed E-state index contributed by atoms with van der Waals surface area (Å²) in [6, 6.07) is 13.7. The largest absolute Gasteiger partial charge is 0.338 e. The van der Waals surface area contributed by atoms with Gasteiger partial charge in [0.15, 0.2) is 0 Å². The molecule has 5 nitrogen and oxygen atoms in total. The van der Waals surface area contributed by atoms with Crippen LogP contribution in [0.3, 0.4) is 0 Å². The third-order valence-electron chi connectivity index (χ3n) is 4.86. The van der Waals surface area contributed by atoms with Crippen LogP contribution in [0.1, 0.15) is 27.2 Å². The zero-order valence-electron chi connectivity index (χ0n) is 14.1. The molecule has 0 spiro atoms. The Morgan fingerprint density at radius 2 is 1.68 bits per heavy atom. The molecule has 0 bridgehead atoms. The first-order chi connectivity index (χ1) is 12.1. The minimum absolute atomic E-state index is 0.137. The average molecular weight is 333 g/mol. The molecule has 1 aliphatic heterocycles. The summed E-state index contributed by atoms with van der Waals surface area (Å²) in [5.41, 5.74) is 3.73. The van der Waals surface area contributed by atoms with E-state index in [0.717, 1.165) is 18.5 Å². The van der Waals surface area contributed by atoms with Gasteiger partial charge >= 0.3 is 0 Å². The van der Waals surface area contributed by atoms with Crippen molar-refractivity contribution in [3.63, 3.8) is 0 Å². The second kappa shape index (κ2) is 6.16. The number of aromatic nitrogens is 2. The molecule has 0 saturated carbocycles. The first-order valence-corrected chi connectivity index (χ1v) is 8.48. The molecule has 5 heteroatoms. The summed E-state index contributed by atoms with van der Waals surface area (Å²) >= 11 is 0. The number of rotatable bonds is 1. The van der Waals surface area contributed by atoms with Gasteiger partial charge in [-0.1, -0.05) is 30.3 Å². The van der Waals surface area contributed by atoms with Gasteiger partial charge in [-0.2, -0.15) is 0 Å². The van der Waals surface area contributed by atoms with Crippen molar-refractivity contribution in [2.75, 3.05) is 13.1 Å². The Bertz CT molecular complexity index is 996. The number of hydrogen-bond donors (Lipinski definition) is 0. The van der Waals surface area contributed by atoms with E-state index < -0.39 is 0 Å². The molecular weight excluding hydrogens is 314 g/mol. The van der Waals surface area contributed by atoms with E-state index in [0.29, 0.717) is 18.7 Å². The zero-order chi connectivity index (χ0) is 17.4. The lowest BCUT2D eigenvalue weighted by atomic mass is 10.0. The Balaban J connectivity index is 1.68. The molecule has 1 aromatic carbocycles. The highest BCUT2D eigenvalue weighted by molar-refractivity contribution is 5.93. The summed E-state index contributed by atoms with van der Waals surface area (Å²) in [6.07, 6.45) is 3.03. The second-order valence-electron chi connectivity index (χ2n) is 6.40. The van der Waals surface area contributed by atoms with Crippen LogP contribution in [0.5, 0.6) is 0 Å². The van der Waals surface area contributed by atoms with Crippen molar-refractivity contribution in [3.05, 3.63) is 81.4 Å². The molecule has 0 aliphatic carbocycles. The normalized spacial score (nSPS) is 14.2. The summed E-state index contributed by atoms with van der Waals surface area (Å²) < 4.78 is 1.50. The number of benzene rings is 1. The van der Waals surface area contributed by atoms with Crippen molar-refractivity contribution >= 4 is 11.6 Å². The van der Waals surface area contributed by atoms with Crippen molar-refractivity contribution in [3.8, 4) is 0 Å². The molecule has 0 radical (unpaired) electrons.